The number of methoxy groups -OCH3 is 1. The number of ether oxygens (including phenoxy) is 3. The van der Waals surface area contributed by atoms with Crippen LogP contribution in [0, 0.1) is 5.82 Å². The summed E-state index contributed by atoms with van der Waals surface area (Å²) < 4.78 is 29.9. The first kappa shape index (κ1) is 23.1. The Morgan fingerprint density at radius 3 is 2.58 bits per heavy atom. The summed E-state index contributed by atoms with van der Waals surface area (Å²) >= 11 is 18.4. The summed E-state index contributed by atoms with van der Waals surface area (Å²) in [7, 11) is 1.47. The Bertz CT molecular complexity index is 1310. The fourth-order valence-corrected chi connectivity index (χ4v) is 3.65. The molecule has 0 radical (unpaired) electrons. The zero-order valence-electron chi connectivity index (χ0n) is 17.1. The average Bonchev–Trinajstić information content (AvgIpc) is 3.15. The minimum atomic E-state index is -0.663. The van der Waals surface area contributed by atoms with Crippen molar-refractivity contribution in [2.24, 2.45) is 4.99 Å². The molecule has 4 rings (SSSR count). The third kappa shape index (κ3) is 5.30. The Morgan fingerprint density at radius 1 is 1.03 bits per heavy atom. The zero-order chi connectivity index (χ0) is 23.5. The standard InChI is InChI=1S/C24H15Cl3FNO4/c1-31-21-10-14(8-19(27)22(21)32-12-13-5-6-17(25)18(26)7-13)9-20-24(30)33-23(29-20)15-3-2-4-16(28)11-15/h2-11H,12H2,1H3/b20-9-. The number of nitrogens with zero attached hydrogens (tertiary/aromatic N) is 1. The molecule has 1 aliphatic heterocycles. The topological polar surface area (TPSA) is 57.1 Å². The van der Waals surface area contributed by atoms with Gasteiger partial charge in [0.1, 0.15) is 12.4 Å². The monoisotopic (exact) mass is 505 g/mol. The lowest BCUT2D eigenvalue weighted by molar-refractivity contribution is -0.129. The number of carbonyl (C=O) groups is 1. The van der Waals surface area contributed by atoms with E-state index in [0.717, 1.165) is 5.56 Å². The summed E-state index contributed by atoms with van der Waals surface area (Å²) in [5, 5.41) is 1.13. The SMILES string of the molecule is COc1cc(/C=C2\N=C(c3cccc(F)c3)OC2=O)cc(Cl)c1OCc1ccc(Cl)c(Cl)c1. The predicted molar refractivity (Wildman–Crippen MR) is 126 cm³/mol. The number of halogens is 4. The van der Waals surface area contributed by atoms with Crippen LogP contribution in [-0.4, -0.2) is 19.0 Å². The number of aliphatic imine (C=N–C) groups is 1. The molecule has 9 heteroatoms. The highest BCUT2D eigenvalue weighted by molar-refractivity contribution is 6.42. The first-order chi connectivity index (χ1) is 15.8. The van der Waals surface area contributed by atoms with Crippen LogP contribution in [0.2, 0.25) is 15.1 Å². The third-order valence-electron chi connectivity index (χ3n) is 4.61. The molecule has 3 aromatic carbocycles. The fourth-order valence-electron chi connectivity index (χ4n) is 3.06. The van der Waals surface area contributed by atoms with Gasteiger partial charge in [-0.2, -0.15) is 0 Å². The number of hydrogen-bond donors (Lipinski definition) is 0. The number of rotatable bonds is 6. The van der Waals surface area contributed by atoms with Crippen molar-refractivity contribution in [2.75, 3.05) is 7.11 Å². The summed E-state index contributed by atoms with van der Waals surface area (Å²) in [6.07, 6.45) is 1.49. The Kier molecular flexibility index (Phi) is 6.88. The molecule has 1 heterocycles. The van der Waals surface area contributed by atoms with Crippen LogP contribution in [0.5, 0.6) is 11.5 Å². The molecule has 0 amide bonds. The lowest BCUT2D eigenvalue weighted by atomic mass is 10.1. The van der Waals surface area contributed by atoms with Crippen LogP contribution in [0.3, 0.4) is 0 Å². The third-order valence-corrected chi connectivity index (χ3v) is 5.63. The Balaban J connectivity index is 1.59. The smallest absolute Gasteiger partial charge is 0.363 e. The molecule has 1 aliphatic rings. The van der Waals surface area contributed by atoms with Crippen LogP contribution in [0.4, 0.5) is 4.39 Å². The highest BCUT2D eigenvalue weighted by Gasteiger charge is 2.25. The van der Waals surface area contributed by atoms with Crippen molar-refractivity contribution >= 4 is 52.7 Å². The van der Waals surface area contributed by atoms with Crippen LogP contribution >= 0.6 is 34.8 Å². The van der Waals surface area contributed by atoms with Crippen molar-refractivity contribution in [3.05, 3.63) is 97.9 Å². The number of cyclic esters (lactones) is 1. The van der Waals surface area contributed by atoms with Gasteiger partial charge in [-0.1, -0.05) is 46.9 Å². The predicted octanol–water partition coefficient (Wildman–Crippen LogP) is 6.72. The van der Waals surface area contributed by atoms with Gasteiger partial charge in [0.15, 0.2) is 17.2 Å². The minimum Gasteiger partial charge on any atom is -0.493 e. The highest BCUT2D eigenvalue weighted by Crippen LogP contribution is 2.38. The Labute approximate surface area is 204 Å². The van der Waals surface area contributed by atoms with E-state index in [-0.39, 0.29) is 23.2 Å². The normalized spacial score (nSPS) is 14.3. The lowest BCUT2D eigenvalue weighted by Crippen LogP contribution is -2.05. The largest absolute Gasteiger partial charge is 0.493 e. The van der Waals surface area contributed by atoms with Crippen molar-refractivity contribution in [1.29, 1.82) is 0 Å². The van der Waals surface area contributed by atoms with E-state index in [4.69, 9.17) is 49.0 Å². The quantitative estimate of drug-likeness (QED) is 0.275. The van der Waals surface area contributed by atoms with Gasteiger partial charge in [0.25, 0.3) is 0 Å². The van der Waals surface area contributed by atoms with Crippen molar-refractivity contribution in [2.45, 2.75) is 6.61 Å². The van der Waals surface area contributed by atoms with E-state index in [9.17, 15) is 9.18 Å². The summed E-state index contributed by atoms with van der Waals surface area (Å²) in [4.78, 5) is 16.4. The number of carbonyl (C=O) groups excluding carboxylic acids is 1. The summed E-state index contributed by atoms with van der Waals surface area (Å²) in [6.45, 7) is 0.182. The van der Waals surface area contributed by atoms with E-state index >= 15 is 0 Å². The fraction of sp³-hybridized carbons (Fsp3) is 0.0833. The molecule has 0 aromatic heterocycles. The molecule has 0 fully saturated rings. The molecule has 0 spiro atoms. The molecular formula is C24H15Cl3FNO4. The number of hydrogen-bond acceptors (Lipinski definition) is 5. The van der Waals surface area contributed by atoms with E-state index in [0.29, 0.717) is 32.7 Å². The molecule has 0 unspecified atom stereocenters. The first-order valence-electron chi connectivity index (χ1n) is 9.57. The molecule has 0 saturated heterocycles. The molecule has 3 aromatic rings. The van der Waals surface area contributed by atoms with Crippen molar-refractivity contribution in [3.63, 3.8) is 0 Å². The minimum absolute atomic E-state index is 0.0189. The van der Waals surface area contributed by atoms with Crippen LogP contribution < -0.4 is 9.47 Å². The van der Waals surface area contributed by atoms with Gasteiger partial charge >= 0.3 is 5.97 Å². The Morgan fingerprint density at radius 2 is 1.85 bits per heavy atom. The highest BCUT2D eigenvalue weighted by atomic mass is 35.5. The van der Waals surface area contributed by atoms with Crippen LogP contribution in [0.25, 0.3) is 6.08 Å². The average molecular weight is 507 g/mol. The van der Waals surface area contributed by atoms with Crippen molar-refractivity contribution in [1.82, 2.24) is 0 Å². The van der Waals surface area contributed by atoms with Gasteiger partial charge in [-0.3, -0.25) is 0 Å². The maximum atomic E-state index is 13.5. The molecule has 0 saturated carbocycles. The molecule has 33 heavy (non-hydrogen) atoms. The van der Waals surface area contributed by atoms with E-state index in [1.54, 1.807) is 36.4 Å². The van der Waals surface area contributed by atoms with E-state index in [2.05, 4.69) is 4.99 Å². The number of benzene rings is 3. The molecule has 0 aliphatic carbocycles. The van der Waals surface area contributed by atoms with E-state index in [1.165, 1.54) is 31.4 Å². The van der Waals surface area contributed by atoms with Crippen LogP contribution in [0.1, 0.15) is 16.7 Å². The van der Waals surface area contributed by atoms with Gasteiger partial charge < -0.3 is 14.2 Å². The van der Waals surface area contributed by atoms with Crippen molar-refractivity contribution < 1.29 is 23.4 Å². The van der Waals surface area contributed by atoms with Gasteiger partial charge in [0.2, 0.25) is 5.90 Å². The van der Waals surface area contributed by atoms with Gasteiger partial charge in [-0.25, -0.2) is 14.2 Å². The number of esters is 1. The maximum Gasteiger partial charge on any atom is 0.363 e. The second kappa shape index (κ2) is 9.83. The van der Waals surface area contributed by atoms with Gasteiger partial charge in [0, 0.05) is 5.56 Å². The molecular weight excluding hydrogens is 492 g/mol. The van der Waals surface area contributed by atoms with E-state index < -0.39 is 11.8 Å². The van der Waals surface area contributed by atoms with Gasteiger partial charge in [-0.15, -0.1) is 0 Å². The van der Waals surface area contributed by atoms with Gasteiger partial charge in [0.05, 0.1) is 22.2 Å². The molecule has 5 nitrogen and oxygen atoms in total. The summed E-state index contributed by atoms with van der Waals surface area (Å²) in [5.41, 5.74) is 1.72. The second-order valence-corrected chi connectivity index (χ2v) is 8.14. The summed E-state index contributed by atoms with van der Waals surface area (Å²) in [6, 6.07) is 14.0. The second-order valence-electron chi connectivity index (χ2n) is 6.92. The molecule has 0 N–H and O–H groups in total. The van der Waals surface area contributed by atoms with Crippen LogP contribution in [-0.2, 0) is 16.1 Å². The van der Waals surface area contributed by atoms with Crippen LogP contribution in [0.15, 0.2) is 65.3 Å². The van der Waals surface area contributed by atoms with Crippen molar-refractivity contribution in [3.8, 4) is 11.5 Å². The zero-order valence-corrected chi connectivity index (χ0v) is 19.3. The first-order valence-corrected chi connectivity index (χ1v) is 10.7. The lowest BCUT2D eigenvalue weighted by Gasteiger charge is -2.14. The van der Waals surface area contributed by atoms with Gasteiger partial charge in [-0.05, 0) is 59.7 Å². The Hall–Kier alpha value is -3.06. The maximum absolute atomic E-state index is 13.5. The molecule has 0 bridgehead atoms. The summed E-state index contributed by atoms with van der Waals surface area (Å²) in [5.74, 6) is -0.424. The van der Waals surface area contributed by atoms with E-state index in [1.807, 2.05) is 0 Å². The molecule has 0 atom stereocenters. The molecule has 168 valence electrons.